The van der Waals surface area contributed by atoms with Crippen molar-refractivity contribution in [1.29, 1.82) is 5.26 Å². The summed E-state index contributed by atoms with van der Waals surface area (Å²) in [5.41, 5.74) is 1.72. The Labute approximate surface area is 121 Å². The Morgan fingerprint density at radius 2 is 1.84 bits per heavy atom. The number of nitriles is 1. The molecule has 0 heterocycles. The highest BCUT2D eigenvalue weighted by Crippen LogP contribution is 2.27. The van der Waals surface area contributed by atoms with Crippen LogP contribution >= 0.6 is 15.9 Å². The predicted molar refractivity (Wildman–Crippen MR) is 79.1 cm³/mol. The van der Waals surface area contributed by atoms with E-state index in [1.807, 2.05) is 48.5 Å². The monoisotopic (exact) mass is 316 g/mol. The van der Waals surface area contributed by atoms with Gasteiger partial charge in [-0.1, -0.05) is 34.1 Å². The number of para-hydroxylation sites is 1. The number of hydrogen-bond acceptors (Lipinski definition) is 3. The summed E-state index contributed by atoms with van der Waals surface area (Å²) in [5, 5.41) is 12.5. The van der Waals surface area contributed by atoms with Crippen molar-refractivity contribution in [2.75, 3.05) is 12.4 Å². The van der Waals surface area contributed by atoms with Crippen LogP contribution < -0.4 is 10.1 Å². The molecule has 0 aliphatic rings. The van der Waals surface area contributed by atoms with Crippen LogP contribution in [0.25, 0.3) is 0 Å². The molecule has 3 nitrogen and oxygen atoms in total. The Balaban J connectivity index is 2.25. The molecule has 19 heavy (non-hydrogen) atoms. The summed E-state index contributed by atoms with van der Waals surface area (Å²) in [7, 11) is 1.60. The first-order chi connectivity index (χ1) is 9.24. The van der Waals surface area contributed by atoms with Gasteiger partial charge in [0, 0.05) is 15.7 Å². The molecule has 0 saturated heterocycles. The molecule has 1 unspecified atom stereocenters. The van der Waals surface area contributed by atoms with Gasteiger partial charge in [0.1, 0.15) is 11.8 Å². The van der Waals surface area contributed by atoms with E-state index in [4.69, 9.17) is 4.74 Å². The third-order valence-corrected chi connectivity index (χ3v) is 3.26. The third-order valence-electron chi connectivity index (χ3n) is 2.73. The molecule has 1 atom stereocenters. The normalized spacial score (nSPS) is 11.4. The van der Waals surface area contributed by atoms with E-state index in [2.05, 4.69) is 27.3 Å². The molecule has 0 saturated carbocycles. The van der Waals surface area contributed by atoms with E-state index in [9.17, 15) is 5.26 Å². The van der Waals surface area contributed by atoms with E-state index in [0.29, 0.717) is 5.75 Å². The molecule has 0 fully saturated rings. The lowest BCUT2D eigenvalue weighted by Gasteiger charge is -2.16. The van der Waals surface area contributed by atoms with Crippen LogP contribution in [0.1, 0.15) is 11.6 Å². The maximum atomic E-state index is 9.34. The van der Waals surface area contributed by atoms with Crippen LogP contribution in [0.3, 0.4) is 0 Å². The van der Waals surface area contributed by atoms with Crippen LogP contribution in [0.4, 0.5) is 5.69 Å². The number of nitrogens with one attached hydrogen (secondary N) is 1. The van der Waals surface area contributed by atoms with Gasteiger partial charge in [0.05, 0.1) is 13.2 Å². The Hall–Kier alpha value is -1.99. The van der Waals surface area contributed by atoms with Gasteiger partial charge in [0.15, 0.2) is 0 Å². The van der Waals surface area contributed by atoms with Crippen molar-refractivity contribution in [3.8, 4) is 11.8 Å². The third kappa shape index (κ3) is 3.27. The van der Waals surface area contributed by atoms with E-state index >= 15 is 0 Å². The predicted octanol–water partition coefficient (Wildman–Crippen LogP) is 4.13. The molecule has 0 aliphatic heterocycles. The molecule has 2 aromatic rings. The van der Waals surface area contributed by atoms with Crippen molar-refractivity contribution in [1.82, 2.24) is 0 Å². The molecule has 0 aromatic heterocycles. The van der Waals surface area contributed by atoms with Crippen molar-refractivity contribution >= 4 is 21.6 Å². The molecule has 1 N–H and O–H groups in total. The fourth-order valence-corrected chi connectivity index (χ4v) is 2.06. The van der Waals surface area contributed by atoms with Crippen LogP contribution in [-0.2, 0) is 0 Å². The second-order valence-corrected chi connectivity index (χ2v) is 4.87. The summed E-state index contributed by atoms with van der Waals surface area (Å²) in [6.45, 7) is 0. The minimum Gasteiger partial charge on any atom is -0.496 e. The second kappa shape index (κ2) is 6.26. The molecule has 96 valence electrons. The summed E-state index contributed by atoms with van der Waals surface area (Å²) < 4.78 is 6.29. The van der Waals surface area contributed by atoms with Crippen LogP contribution in [0.15, 0.2) is 53.0 Å². The maximum Gasteiger partial charge on any atom is 0.143 e. The highest BCUT2D eigenvalue weighted by Gasteiger charge is 2.14. The zero-order valence-corrected chi connectivity index (χ0v) is 12.0. The number of nitrogens with zero attached hydrogens (tertiary/aromatic N) is 1. The summed E-state index contributed by atoms with van der Waals surface area (Å²) >= 11 is 3.38. The molecule has 0 bridgehead atoms. The van der Waals surface area contributed by atoms with Gasteiger partial charge < -0.3 is 10.1 Å². The number of ether oxygens (including phenoxy) is 1. The van der Waals surface area contributed by atoms with Crippen LogP contribution in [0.5, 0.6) is 5.75 Å². The van der Waals surface area contributed by atoms with Gasteiger partial charge in [0.2, 0.25) is 0 Å². The fourth-order valence-electron chi connectivity index (χ4n) is 1.80. The zero-order valence-electron chi connectivity index (χ0n) is 10.4. The van der Waals surface area contributed by atoms with E-state index in [1.54, 1.807) is 7.11 Å². The van der Waals surface area contributed by atoms with Gasteiger partial charge in [-0.05, 0) is 30.3 Å². The van der Waals surface area contributed by atoms with Crippen molar-refractivity contribution < 1.29 is 4.74 Å². The molecule has 2 rings (SSSR count). The zero-order chi connectivity index (χ0) is 13.7. The van der Waals surface area contributed by atoms with E-state index in [-0.39, 0.29) is 0 Å². The van der Waals surface area contributed by atoms with E-state index < -0.39 is 6.04 Å². The summed E-state index contributed by atoms with van der Waals surface area (Å²) in [4.78, 5) is 0. The van der Waals surface area contributed by atoms with Crippen molar-refractivity contribution in [3.63, 3.8) is 0 Å². The van der Waals surface area contributed by atoms with Crippen molar-refractivity contribution in [2.45, 2.75) is 6.04 Å². The molecule has 0 amide bonds. The molecule has 0 aliphatic carbocycles. The number of benzene rings is 2. The molecular formula is C15H13BrN2O. The van der Waals surface area contributed by atoms with Crippen LogP contribution in [0.2, 0.25) is 0 Å². The Bertz CT molecular complexity index is 590. The first-order valence-electron chi connectivity index (χ1n) is 5.79. The summed E-state index contributed by atoms with van der Waals surface area (Å²) in [6, 6.07) is 17.0. The second-order valence-electron chi connectivity index (χ2n) is 3.96. The SMILES string of the molecule is COc1ccccc1C(C#N)Nc1ccc(Br)cc1. The van der Waals surface area contributed by atoms with Gasteiger partial charge in [-0.25, -0.2) is 0 Å². The van der Waals surface area contributed by atoms with E-state index in [0.717, 1.165) is 15.7 Å². The fraction of sp³-hybridized carbons (Fsp3) is 0.133. The molecule has 4 heteroatoms. The summed E-state index contributed by atoms with van der Waals surface area (Å²) in [5.74, 6) is 0.707. The molecule has 0 spiro atoms. The topological polar surface area (TPSA) is 45.0 Å². The average Bonchev–Trinajstić information content (AvgIpc) is 2.46. The van der Waals surface area contributed by atoms with Crippen molar-refractivity contribution in [2.24, 2.45) is 0 Å². The largest absolute Gasteiger partial charge is 0.496 e. The van der Waals surface area contributed by atoms with Gasteiger partial charge in [-0.2, -0.15) is 5.26 Å². The molecule has 2 aromatic carbocycles. The number of rotatable bonds is 4. The number of anilines is 1. The lowest BCUT2D eigenvalue weighted by molar-refractivity contribution is 0.409. The summed E-state index contributed by atoms with van der Waals surface area (Å²) in [6.07, 6.45) is 0. The molecule has 0 radical (unpaired) electrons. The first-order valence-corrected chi connectivity index (χ1v) is 6.58. The maximum absolute atomic E-state index is 9.34. The number of hydrogen-bond donors (Lipinski definition) is 1. The van der Waals surface area contributed by atoms with Gasteiger partial charge in [0.25, 0.3) is 0 Å². The number of methoxy groups -OCH3 is 1. The van der Waals surface area contributed by atoms with Crippen LogP contribution in [-0.4, -0.2) is 7.11 Å². The average molecular weight is 317 g/mol. The van der Waals surface area contributed by atoms with E-state index in [1.165, 1.54) is 0 Å². The Kier molecular flexibility index (Phi) is 4.43. The lowest BCUT2D eigenvalue weighted by atomic mass is 10.1. The lowest BCUT2D eigenvalue weighted by Crippen LogP contribution is -2.09. The first kappa shape index (κ1) is 13.4. The Morgan fingerprint density at radius 1 is 1.16 bits per heavy atom. The minimum atomic E-state index is -0.447. The smallest absolute Gasteiger partial charge is 0.143 e. The highest BCUT2D eigenvalue weighted by molar-refractivity contribution is 9.10. The minimum absolute atomic E-state index is 0.447. The van der Waals surface area contributed by atoms with Gasteiger partial charge in [-0.3, -0.25) is 0 Å². The van der Waals surface area contributed by atoms with Gasteiger partial charge >= 0.3 is 0 Å². The van der Waals surface area contributed by atoms with Crippen molar-refractivity contribution in [3.05, 3.63) is 58.6 Å². The number of halogens is 1. The quantitative estimate of drug-likeness (QED) is 0.922. The van der Waals surface area contributed by atoms with Crippen LogP contribution in [0, 0.1) is 11.3 Å². The van der Waals surface area contributed by atoms with Gasteiger partial charge in [-0.15, -0.1) is 0 Å². The Morgan fingerprint density at radius 3 is 2.47 bits per heavy atom. The molecular weight excluding hydrogens is 304 g/mol. The standard InChI is InChI=1S/C15H13BrN2O/c1-19-15-5-3-2-4-13(15)14(10-17)18-12-8-6-11(16)7-9-12/h2-9,14,18H,1H3. The highest BCUT2D eigenvalue weighted by atomic mass is 79.9.